The van der Waals surface area contributed by atoms with Gasteiger partial charge in [0.15, 0.2) is 0 Å². The molecular formula is C26H29F2N5O2. The third-order valence-electron chi connectivity index (χ3n) is 6.78. The summed E-state index contributed by atoms with van der Waals surface area (Å²) in [6, 6.07) is 12.6. The van der Waals surface area contributed by atoms with Crippen LogP contribution in [-0.2, 0) is 17.6 Å². The van der Waals surface area contributed by atoms with Crippen LogP contribution in [0.3, 0.4) is 0 Å². The molecule has 9 heteroatoms. The number of anilines is 1. The zero-order valence-corrected chi connectivity index (χ0v) is 19.6. The van der Waals surface area contributed by atoms with Gasteiger partial charge in [-0.1, -0.05) is 18.2 Å². The lowest BCUT2D eigenvalue weighted by molar-refractivity contribution is 0.159. The van der Waals surface area contributed by atoms with Crippen molar-refractivity contribution < 1.29 is 18.3 Å². The van der Waals surface area contributed by atoms with Crippen molar-refractivity contribution in [3.05, 3.63) is 77.0 Å². The van der Waals surface area contributed by atoms with E-state index in [4.69, 9.17) is 9.84 Å². The van der Waals surface area contributed by atoms with Crippen LogP contribution < -0.4 is 10.6 Å². The number of carbonyl (C=O) groups is 1. The van der Waals surface area contributed by atoms with Crippen LogP contribution >= 0.6 is 0 Å². The van der Waals surface area contributed by atoms with E-state index in [0.717, 1.165) is 42.3 Å². The van der Waals surface area contributed by atoms with Crippen molar-refractivity contribution >= 4 is 11.8 Å². The van der Waals surface area contributed by atoms with E-state index in [1.165, 1.54) is 12.1 Å². The highest BCUT2D eigenvalue weighted by molar-refractivity contribution is 5.90. The first kappa shape index (κ1) is 23.4. The number of rotatable bonds is 7. The summed E-state index contributed by atoms with van der Waals surface area (Å²) >= 11 is 0. The smallest absolute Gasteiger partial charge is 0.320 e. The van der Waals surface area contributed by atoms with Crippen LogP contribution in [-0.4, -0.2) is 60.1 Å². The number of ether oxygens (including phenoxy) is 1. The third-order valence-corrected chi connectivity index (χ3v) is 6.78. The van der Waals surface area contributed by atoms with E-state index >= 15 is 0 Å². The molecule has 2 heterocycles. The maximum Gasteiger partial charge on any atom is 0.320 e. The summed E-state index contributed by atoms with van der Waals surface area (Å²) in [5.41, 5.74) is 3.46. The first-order chi connectivity index (χ1) is 17.0. The SMILES string of the molecule is COCCN1C[C@@H](NC(=O)Nc2c3c(nn2-c2ccccc2)CCC3)[C@H](c2cc(F)cc(F)c2)C1. The number of aromatic nitrogens is 2. The van der Waals surface area contributed by atoms with E-state index in [1.54, 1.807) is 11.8 Å². The highest BCUT2D eigenvalue weighted by atomic mass is 19.1. The van der Waals surface area contributed by atoms with Crippen LogP contribution in [0.15, 0.2) is 48.5 Å². The number of likely N-dealkylation sites (tertiary alicyclic amines) is 1. The number of benzene rings is 2. The second-order valence-corrected chi connectivity index (χ2v) is 9.14. The molecule has 2 aromatic carbocycles. The fourth-order valence-corrected chi connectivity index (χ4v) is 5.15. The Hall–Kier alpha value is -3.30. The Labute approximate surface area is 203 Å². The molecule has 2 N–H and O–H groups in total. The molecular weight excluding hydrogens is 452 g/mol. The summed E-state index contributed by atoms with van der Waals surface area (Å²) < 4.78 is 34.9. The molecule has 3 aromatic rings. The Morgan fingerprint density at radius 3 is 2.63 bits per heavy atom. The van der Waals surface area contributed by atoms with E-state index in [0.29, 0.717) is 37.6 Å². The first-order valence-corrected chi connectivity index (χ1v) is 11.9. The van der Waals surface area contributed by atoms with E-state index in [9.17, 15) is 13.6 Å². The number of amides is 2. The summed E-state index contributed by atoms with van der Waals surface area (Å²) in [6.45, 7) is 2.31. The van der Waals surface area contributed by atoms with Gasteiger partial charge in [-0.15, -0.1) is 0 Å². The lowest BCUT2D eigenvalue weighted by Gasteiger charge is -2.21. The molecule has 0 bridgehead atoms. The second kappa shape index (κ2) is 10.1. The molecule has 1 aromatic heterocycles. The van der Waals surface area contributed by atoms with Crippen LogP contribution in [0.5, 0.6) is 0 Å². The number of carbonyl (C=O) groups excluding carboxylic acids is 1. The van der Waals surface area contributed by atoms with Crippen LogP contribution in [0.25, 0.3) is 5.69 Å². The van der Waals surface area contributed by atoms with Gasteiger partial charge in [-0.3, -0.25) is 10.2 Å². The van der Waals surface area contributed by atoms with E-state index < -0.39 is 11.6 Å². The lowest BCUT2D eigenvalue weighted by Crippen LogP contribution is -2.42. The Kier molecular flexibility index (Phi) is 6.79. The Morgan fingerprint density at radius 2 is 1.89 bits per heavy atom. The second-order valence-electron chi connectivity index (χ2n) is 9.14. The van der Waals surface area contributed by atoms with Crippen molar-refractivity contribution in [3.8, 4) is 5.69 Å². The molecule has 0 unspecified atom stereocenters. The molecule has 7 nitrogen and oxygen atoms in total. The molecule has 0 radical (unpaired) electrons. The van der Waals surface area contributed by atoms with Crippen molar-refractivity contribution in [2.45, 2.75) is 31.2 Å². The standard InChI is InChI=1S/C26H29F2N5O2/c1-35-11-10-32-15-22(17-12-18(27)14-19(28)13-17)24(16-32)29-26(34)30-25-21-8-5-9-23(21)31-33(25)20-6-3-2-4-7-20/h2-4,6-7,12-14,22,24H,5,8-11,15-16H2,1H3,(H2,29,30,34)/t22-,24+/m0/s1. The Balaban J connectivity index is 1.37. The van der Waals surface area contributed by atoms with Gasteiger partial charge in [0, 0.05) is 44.3 Å². The van der Waals surface area contributed by atoms with Crippen molar-refractivity contribution in [1.29, 1.82) is 0 Å². The molecule has 1 aliphatic carbocycles. The number of hydrogen-bond acceptors (Lipinski definition) is 4. The number of methoxy groups -OCH3 is 1. The normalized spacial score (nSPS) is 19.6. The van der Waals surface area contributed by atoms with Crippen LogP contribution in [0, 0.1) is 11.6 Å². The fourth-order valence-electron chi connectivity index (χ4n) is 5.15. The molecule has 0 spiro atoms. The number of hydrogen-bond donors (Lipinski definition) is 2. The van der Waals surface area contributed by atoms with E-state index in [2.05, 4.69) is 15.5 Å². The van der Waals surface area contributed by atoms with Crippen molar-refractivity contribution in [2.75, 3.05) is 38.7 Å². The van der Waals surface area contributed by atoms with Gasteiger partial charge in [0.1, 0.15) is 17.5 Å². The third kappa shape index (κ3) is 5.06. The zero-order chi connectivity index (χ0) is 24.4. The minimum atomic E-state index is -0.624. The topological polar surface area (TPSA) is 71.4 Å². The molecule has 1 saturated heterocycles. The predicted octanol–water partition coefficient (Wildman–Crippen LogP) is 3.88. The number of halogens is 2. The van der Waals surface area contributed by atoms with Gasteiger partial charge in [-0.05, 0) is 49.1 Å². The molecule has 1 fully saturated rings. The molecule has 2 aliphatic rings. The van der Waals surface area contributed by atoms with Gasteiger partial charge in [0.25, 0.3) is 0 Å². The van der Waals surface area contributed by atoms with Crippen molar-refractivity contribution in [2.24, 2.45) is 0 Å². The summed E-state index contributed by atoms with van der Waals surface area (Å²) in [4.78, 5) is 15.4. The van der Waals surface area contributed by atoms with Crippen LogP contribution in [0.4, 0.5) is 19.4 Å². The van der Waals surface area contributed by atoms with Gasteiger partial charge in [-0.25, -0.2) is 18.3 Å². The maximum atomic E-state index is 14.0. The number of nitrogens with zero attached hydrogens (tertiary/aromatic N) is 3. The minimum absolute atomic E-state index is 0.257. The zero-order valence-electron chi connectivity index (χ0n) is 19.6. The highest BCUT2D eigenvalue weighted by Crippen LogP contribution is 2.32. The van der Waals surface area contributed by atoms with Gasteiger partial charge in [0.05, 0.1) is 24.0 Å². The number of fused-ring (bicyclic) bond motifs is 1. The van der Waals surface area contributed by atoms with Crippen LogP contribution in [0.2, 0.25) is 0 Å². The minimum Gasteiger partial charge on any atom is -0.383 e. The largest absolute Gasteiger partial charge is 0.383 e. The monoisotopic (exact) mass is 481 g/mol. The molecule has 1 aliphatic heterocycles. The number of nitrogens with one attached hydrogen (secondary N) is 2. The summed E-state index contributed by atoms with van der Waals surface area (Å²) in [5.74, 6) is -0.835. The molecule has 35 heavy (non-hydrogen) atoms. The summed E-state index contributed by atoms with van der Waals surface area (Å²) in [5, 5.41) is 10.8. The molecule has 2 atom stereocenters. The quantitative estimate of drug-likeness (QED) is 0.538. The maximum absolute atomic E-state index is 14.0. The molecule has 0 saturated carbocycles. The average molecular weight is 482 g/mol. The van der Waals surface area contributed by atoms with Gasteiger partial charge in [0.2, 0.25) is 0 Å². The van der Waals surface area contributed by atoms with Crippen molar-refractivity contribution in [3.63, 3.8) is 0 Å². The molecule has 2 amide bonds. The summed E-state index contributed by atoms with van der Waals surface area (Å²) in [6.07, 6.45) is 2.75. The number of urea groups is 1. The molecule has 5 rings (SSSR count). The average Bonchev–Trinajstić information content (AvgIpc) is 3.54. The van der Waals surface area contributed by atoms with Gasteiger partial charge < -0.3 is 10.1 Å². The Morgan fingerprint density at radius 1 is 1.11 bits per heavy atom. The number of aryl methyl sites for hydroxylation is 1. The Bertz CT molecular complexity index is 1180. The summed E-state index contributed by atoms with van der Waals surface area (Å²) in [7, 11) is 1.63. The van der Waals surface area contributed by atoms with Crippen LogP contribution in [0.1, 0.15) is 29.2 Å². The lowest BCUT2D eigenvalue weighted by atomic mass is 9.94. The predicted molar refractivity (Wildman–Crippen MR) is 129 cm³/mol. The first-order valence-electron chi connectivity index (χ1n) is 11.9. The molecule has 184 valence electrons. The van der Waals surface area contributed by atoms with Gasteiger partial charge in [-0.2, -0.15) is 5.10 Å². The number of para-hydroxylation sites is 1. The fraction of sp³-hybridized carbons (Fsp3) is 0.385. The highest BCUT2D eigenvalue weighted by Gasteiger charge is 2.35. The van der Waals surface area contributed by atoms with E-state index in [-0.39, 0.29) is 18.0 Å². The van der Waals surface area contributed by atoms with Gasteiger partial charge >= 0.3 is 6.03 Å². The van der Waals surface area contributed by atoms with E-state index in [1.807, 2.05) is 30.3 Å². The van der Waals surface area contributed by atoms with Crippen molar-refractivity contribution in [1.82, 2.24) is 20.0 Å².